The molecule has 0 bridgehead atoms. The van der Waals surface area contributed by atoms with Crippen molar-refractivity contribution in [1.29, 1.82) is 0 Å². The Kier molecular flexibility index (Phi) is 4.36. The third-order valence-electron chi connectivity index (χ3n) is 2.16. The maximum absolute atomic E-state index is 13.0. The maximum Gasteiger partial charge on any atom is 0.137 e. The summed E-state index contributed by atoms with van der Waals surface area (Å²) in [7, 11) is 3.94. The number of rotatable bonds is 4. The van der Waals surface area contributed by atoms with Crippen LogP contribution < -0.4 is 0 Å². The van der Waals surface area contributed by atoms with Gasteiger partial charge in [0, 0.05) is 0 Å². The minimum absolute atomic E-state index is 0.00294. The van der Waals surface area contributed by atoms with Gasteiger partial charge in [0.2, 0.25) is 0 Å². The first kappa shape index (κ1) is 12.3. The first-order valence-electron chi connectivity index (χ1n) is 4.82. The smallest absolute Gasteiger partial charge is 0.137 e. The Balaban J connectivity index is 2.68. The Morgan fingerprint density at radius 3 is 2.67 bits per heavy atom. The lowest BCUT2D eigenvalue weighted by Gasteiger charge is -2.10. The molecule has 0 fully saturated rings. The van der Waals surface area contributed by atoms with E-state index in [0.717, 1.165) is 19.0 Å². The van der Waals surface area contributed by atoms with Crippen LogP contribution in [-0.4, -0.2) is 30.6 Å². The number of hydrogen-bond acceptors (Lipinski definition) is 2. The van der Waals surface area contributed by atoms with Gasteiger partial charge in [0.05, 0.1) is 5.02 Å². The van der Waals surface area contributed by atoms with Crippen molar-refractivity contribution in [2.24, 2.45) is 0 Å². The molecule has 1 N–H and O–H groups in total. The monoisotopic (exact) mass is 231 g/mol. The fraction of sp³-hybridized carbons (Fsp3) is 0.455. The van der Waals surface area contributed by atoms with Gasteiger partial charge in [-0.3, -0.25) is 0 Å². The topological polar surface area (TPSA) is 23.5 Å². The molecule has 0 unspecified atom stereocenters. The molecule has 1 aromatic rings. The Morgan fingerprint density at radius 2 is 2.07 bits per heavy atom. The molecule has 0 atom stereocenters. The van der Waals surface area contributed by atoms with Crippen LogP contribution in [-0.2, 0) is 6.42 Å². The first-order chi connectivity index (χ1) is 7.00. The van der Waals surface area contributed by atoms with E-state index in [0.29, 0.717) is 12.0 Å². The average molecular weight is 232 g/mol. The van der Waals surface area contributed by atoms with Gasteiger partial charge in [-0.25, -0.2) is 4.39 Å². The van der Waals surface area contributed by atoms with Crippen molar-refractivity contribution in [3.63, 3.8) is 0 Å². The molecule has 0 spiro atoms. The summed E-state index contributed by atoms with van der Waals surface area (Å²) in [5, 5.41) is 9.65. The summed E-state index contributed by atoms with van der Waals surface area (Å²) in [5.41, 5.74) is 0.571. The van der Waals surface area contributed by atoms with Gasteiger partial charge < -0.3 is 10.0 Å². The summed E-state index contributed by atoms with van der Waals surface area (Å²) in [6.45, 7) is 0.896. The zero-order valence-electron chi connectivity index (χ0n) is 8.93. The number of benzene rings is 1. The second-order valence-electron chi connectivity index (χ2n) is 3.80. The van der Waals surface area contributed by atoms with E-state index in [1.807, 2.05) is 19.0 Å². The zero-order chi connectivity index (χ0) is 11.4. The van der Waals surface area contributed by atoms with Gasteiger partial charge >= 0.3 is 0 Å². The fourth-order valence-corrected chi connectivity index (χ4v) is 1.62. The Morgan fingerprint density at radius 1 is 1.40 bits per heavy atom. The van der Waals surface area contributed by atoms with E-state index < -0.39 is 5.82 Å². The van der Waals surface area contributed by atoms with Gasteiger partial charge in [-0.2, -0.15) is 0 Å². The summed E-state index contributed by atoms with van der Waals surface area (Å²) in [6.07, 6.45) is 1.49. The Hall–Kier alpha value is -0.800. The molecular weight excluding hydrogens is 217 g/mol. The first-order valence-corrected chi connectivity index (χ1v) is 5.20. The molecule has 84 valence electrons. The largest absolute Gasteiger partial charge is 0.506 e. The number of halogens is 2. The van der Waals surface area contributed by atoms with Crippen molar-refractivity contribution in [3.05, 3.63) is 28.5 Å². The normalized spacial score (nSPS) is 11.0. The quantitative estimate of drug-likeness (QED) is 0.861. The van der Waals surface area contributed by atoms with Crippen LogP contribution in [0.4, 0.5) is 4.39 Å². The maximum atomic E-state index is 13.0. The molecule has 0 aliphatic carbocycles. The van der Waals surface area contributed by atoms with E-state index in [1.165, 1.54) is 6.07 Å². The highest BCUT2D eigenvalue weighted by atomic mass is 35.5. The van der Waals surface area contributed by atoms with Crippen LogP contribution in [0.3, 0.4) is 0 Å². The van der Waals surface area contributed by atoms with Gasteiger partial charge in [0.15, 0.2) is 0 Å². The second-order valence-corrected chi connectivity index (χ2v) is 4.21. The average Bonchev–Trinajstić information content (AvgIpc) is 2.12. The molecule has 2 nitrogen and oxygen atoms in total. The number of phenols is 1. The Labute approximate surface area is 94.3 Å². The van der Waals surface area contributed by atoms with Crippen LogP contribution in [0.2, 0.25) is 5.02 Å². The molecule has 0 aromatic heterocycles. The van der Waals surface area contributed by atoms with E-state index in [2.05, 4.69) is 0 Å². The summed E-state index contributed by atoms with van der Waals surface area (Å²) in [6, 6.07) is 2.45. The number of nitrogens with zero attached hydrogens (tertiary/aromatic N) is 1. The lowest BCUT2D eigenvalue weighted by Crippen LogP contribution is -2.13. The third-order valence-corrected chi connectivity index (χ3v) is 2.45. The van der Waals surface area contributed by atoms with Crippen LogP contribution in [0.15, 0.2) is 12.1 Å². The molecule has 0 saturated carbocycles. The molecule has 1 rings (SSSR count). The van der Waals surface area contributed by atoms with E-state index >= 15 is 0 Å². The highest BCUT2D eigenvalue weighted by Gasteiger charge is 2.08. The summed E-state index contributed by atoms with van der Waals surface area (Å²) < 4.78 is 13.0. The molecule has 0 amide bonds. The molecule has 0 aliphatic rings. The van der Waals surface area contributed by atoms with Crippen molar-refractivity contribution in [2.45, 2.75) is 12.8 Å². The van der Waals surface area contributed by atoms with Crippen LogP contribution >= 0.6 is 11.6 Å². The molecule has 1 aromatic carbocycles. The van der Waals surface area contributed by atoms with Gasteiger partial charge in [-0.15, -0.1) is 0 Å². The van der Waals surface area contributed by atoms with Crippen LogP contribution in [0, 0.1) is 5.82 Å². The molecule has 0 heterocycles. The zero-order valence-corrected chi connectivity index (χ0v) is 9.68. The number of aromatic hydroxyl groups is 1. The minimum atomic E-state index is -0.405. The van der Waals surface area contributed by atoms with E-state index in [-0.39, 0.29) is 10.8 Å². The second kappa shape index (κ2) is 5.33. The predicted octanol–water partition coefficient (Wildman–Crippen LogP) is 2.68. The van der Waals surface area contributed by atoms with Crippen molar-refractivity contribution in [2.75, 3.05) is 20.6 Å². The van der Waals surface area contributed by atoms with Crippen molar-refractivity contribution in [1.82, 2.24) is 4.90 Å². The standard InChI is InChI=1S/C11H15ClFNO/c1-14(2)5-3-4-8-6-9(13)7-10(12)11(8)15/h6-7,15H,3-5H2,1-2H3. The fourth-order valence-electron chi connectivity index (χ4n) is 1.40. The highest BCUT2D eigenvalue weighted by Crippen LogP contribution is 2.29. The number of phenolic OH excluding ortho intramolecular Hbond substituents is 1. The number of hydrogen-bond donors (Lipinski definition) is 1. The third kappa shape index (κ3) is 3.68. The lowest BCUT2D eigenvalue weighted by molar-refractivity contribution is 0.397. The molecule has 0 saturated heterocycles. The SMILES string of the molecule is CN(C)CCCc1cc(F)cc(Cl)c1O. The summed E-state index contributed by atoms with van der Waals surface area (Å²) in [5.74, 6) is -0.408. The summed E-state index contributed by atoms with van der Waals surface area (Å²) >= 11 is 5.66. The molecule has 15 heavy (non-hydrogen) atoms. The lowest BCUT2D eigenvalue weighted by atomic mass is 10.1. The van der Waals surface area contributed by atoms with Gasteiger partial charge in [0.25, 0.3) is 0 Å². The van der Waals surface area contributed by atoms with Crippen LogP contribution in [0.5, 0.6) is 5.75 Å². The highest BCUT2D eigenvalue weighted by molar-refractivity contribution is 6.32. The van der Waals surface area contributed by atoms with E-state index in [4.69, 9.17) is 11.6 Å². The minimum Gasteiger partial charge on any atom is -0.506 e. The van der Waals surface area contributed by atoms with Gasteiger partial charge in [-0.05, 0) is 51.2 Å². The summed E-state index contributed by atoms with van der Waals surface area (Å²) in [4.78, 5) is 2.04. The predicted molar refractivity (Wildman–Crippen MR) is 59.9 cm³/mol. The van der Waals surface area contributed by atoms with Gasteiger partial charge in [-0.1, -0.05) is 11.6 Å². The van der Waals surface area contributed by atoms with Crippen molar-refractivity contribution < 1.29 is 9.50 Å². The van der Waals surface area contributed by atoms with E-state index in [1.54, 1.807) is 0 Å². The van der Waals surface area contributed by atoms with Crippen molar-refractivity contribution >= 4 is 11.6 Å². The molecule has 0 radical (unpaired) electrons. The molecular formula is C11H15ClFNO. The molecule has 0 aliphatic heterocycles. The molecule has 4 heteroatoms. The Bertz CT molecular complexity index is 342. The van der Waals surface area contributed by atoms with Gasteiger partial charge in [0.1, 0.15) is 11.6 Å². The van der Waals surface area contributed by atoms with Crippen LogP contribution in [0.1, 0.15) is 12.0 Å². The van der Waals surface area contributed by atoms with Crippen LogP contribution in [0.25, 0.3) is 0 Å². The van der Waals surface area contributed by atoms with Crippen molar-refractivity contribution in [3.8, 4) is 5.75 Å². The van der Waals surface area contributed by atoms with E-state index in [9.17, 15) is 9.50 Å². The number of aryl methyl sites for hydroxylation is 1.